The Labute approximate surface area is 143 Å². The quantitative estimate of drug-likeness (QED) is 0.838. The van der Waals surface area contributed by atoms with Crippen molar-refractivity contribution in [1.29, 1.82) is 0 Å². The molecule has 1 fully saturated rings. The lowest BCUT2D eigenvalue weighted by Gasteiger charge is -2.31. The molecule has 2 heterocycles. The van der Waals surface area contributed by atoms with Crippen molar-refractivity contribution in [2.45, 2.75) is 39.3 Å². The van der Waals surface area contributed by atoms with Crippen LogP contribution in [-0.4, -0.2) is 43.3 Å². The minimum absolute atomic E-state index is 0.328. The summed E-state index contributed by atoms with van der Waals surface area (Å²) in [5, 5.41) is 0. The highest BCUT2D eigenvalue weighted by Gasteiger charge is 2.22. The van der Waals surface area contributed by atoms with Crippen molar-refractivity contribution in [2.75, 3.05) is 27.3 Å². The number of aromatic nitrogens is 1. The minimum Gasteiger partial charge on any atom is -0.496 e. The number of oxazole rings is 1. The van der Waals surface area contributed by atoms with Gasteiger partial charge < -0.3 is 13.9 Å². The molecular formula is C19H26N2O3. The van der Waals surface area contributed by atoms with Gasteiger partial charge in [-0.05, 0) is 57.0 Å². The van der Waals surface area contributed by atoms with Crippen molar-refractivity contribution >= 4 is 0 Å². The highest BCUT2D eigenvalue weighted by molar-refractivity contribution is 5.57. The zero-order chi connectivity index (χ0) is 17.1. The van der Waals surface area contributed by atoms with E-state index < -0.39 is 0 Å². The Bertz CT molecular complexity index is 696. The van der Waals surface area contributed by atoms with Gasteiger partial charge in [0.2, 0.25) is 5.89 Å². The van der Waals surface area contributed by atoms with Crippen molar-refractivity contribution in [3.63, 3.8) is 0 Å². The Kier molecular flexibility index (Phi) is 5.21. The van der Waals surface area contributed by atoms with Crippen LogP contribution in [0.5, 0.6) is 5.75 Å². The average Bonchev–Trinajstić information content (AvgIpc) is 2.95. The molecule has 1 saturated heterocycles. The summed E-state index contributed by atoms with van der Waals surface area (Å²) in [6.07, 6.45) is 2.64. The third-order valence-electron chi connectivity index (χ3n) is 4.70. The SMILES string of the molecule is COc1ccc(-c2nc(CN3CCCC(OC)C3)c(C)o2)cc1C. The highest BCUT2D eigenvalue weighted by atomic mass is 16.5. The topological polar surface area (TPSA) is 47.7 Å². The third-order valence-corrected chi connectivity index (χ3v) is 4.70. The number of nitrogens with zero attached hydrogens (tertiary/aromatic N) is 2. The van der Waals surface area contributed by atoms with E-state index in [1.165, 1.54) is 6.42 Å². The van der Waals surface area contributed by atoms with E-state index in [-0.39, 0.29) is 0 Å². The molecule has 5 heteroatoms. The number of benzene rings is 1. The normalized spacial score (nSPS) is 18.8. The molecule has 1 unspecified atom stereocenters. The second-order valence-electron chi connectivity index (χ2n) is 6.44. The van der Waals surface area contributed by atoms with Crippen LogP contribution in [0.15, 0.2) is 22.6 Å². The summed E-state index contributed by atoms with van der Waals surface area (Å²) in [4.78, 5) is 7.13. The third kappa shape index (κ3) is 3.62. The lowest BCUT2D eigenvalue weighted by atomic mass is 10.1. The maximum atomic E-state index is 5.91. The molecule has 2 aromatic rings. The smallest absolute Gasteiger partial charge is 0.226 e. The standard InChI is InChI=1S/C19H26N2O3/c1-13-10-15(7-8-18(13)23-4)19-20-17(14(2)24-19)12-21-9-5-6-16(11-21)22-3/h7-8,10,16H,5-6,9,11-12H2,1-4H3. The molecule has 0 N–H and O–H groups in total. The number of aryl methyl sites for hydroxylation is 2. The van der Waals surface area contributed by atoms with Gasteiger partial charge >= 0.3 is 0 Å². The molecule has 0 radical (unpaired) electrons. The van der Waals surface area contributed by atoms with E-state index in [1.54, 1.807) is 14.2 Å². The second-order valence-corrected chi connectivity index (χ2v) is 6.44. The van der Waals surface area contributed by atoms with E-state index >= 15 is 0 Å². The number of methoxy groups -OCH3 is 2. The molecule has 0 amide bonds. The summed E-state index contributed by atoms with van der Waals surface area (Å²) < 4.78 is 16.7. The Morgan fingerprint density at radius 1 is 1.29 bits per heavy atom. The molecule has 1 atom stereocenters. The first-order valence-electron chi connectivity index (χ1n) is 8.47. The van der Waals surface area contributed by atoms with E-state index in [0.29, 0.717) is 12.0 Å². The zero-order valence-electron chi connectivity index (χ0n) is 15.0. The van der Waals surface area contributed by atoms with Crippen molar-refractivity contribution in [3.8, 4) is 17.2 Å². The van der Waals surface area contributed by atoms with Crippen LogP contribution in [0.25, 0.3) is 11.5 Å². The number of rotatable bonds is 5. The van der Waals surface area contributed by atoms with Gasteiger partial charge in [-0.15, -0.1) is 0 Å². The molecular weight excluding hydrogens is 304 g/mol. The van der Waals surface area contributed by atoms with Crippen LogP contribution < -0.4 is 4.74 Å². The number of hydrogen-bond acceptors (Lipinski definition) is 5. The fourth-order valence-electron chi connectivity index (χ4n) is 3.27. The monoisotopic (exact) mass is 330 g/mol. The minimum atomic E-state index is 0.328. The van der Waals surface area contributed by atoms with Crippen LogP contribution in [0.1, 0.15) is 29.9 Å². The van der Waals surface area contributed by atoms with E-state index in [0.717, 1.165) is 54.4 Å². The van der Waals surface area contributed by atoms with Crippen LogP contribution in [0.2, 0.25) is 0 Å². The van der Waals surface area contributed by atoms with E-state index in [1.807, 2.05) is 26.0 Å². The van der Waals surface area contributed by atoms with Crippen molar-refractivity contribution in [1.82, 2.24) is 9.88 Å². The lowest BCUT2D eigenvalue weighted by molar-refractivity contribution is 0.0280. The fraction of sp³-hybridized carbons (Fsp3) is 0.526. The fourth-order valence-corrected chi connectivity index (χ4v) is 3.27. The van der Waals surface area contributed by atoms with Gasteiger partial charge in [-0.3, -0.25) is 4.90 Å². The van der Waals surface area contributed by atoms with Gasteiger partial charge in [-0.25, -0.2) is 4.98 Å². The first-order chi connectivity index (χ1) is 11.6. The molecule has 5 nitrogen and oxygen atoms in total. The summed E-state index contributed by atoms with van der Waals surface area (Å²) in [6, 6.07) is 6.00. The molecule has 1 aliphatic rings. The Hall–Kier alpha value is -1.85. The maximum Gasteiger partial charge on any atom is 0.226 e. The van der Waals surface area contributed by atoms with Crippen molar-refractivity contribution in [3.05, 3.63) is 35.2 Å². The van der Waals surface area contributed by atoms with E-state index in [2.05, 4.69) is 11.0 Å². The number of ether oxygens (including phenoxy) is 2. The van der Waals surface area contributed by atoms with Gasteiger partial charge in [-0.1, -0.05) is 0 Å². The summed E-state index contributed by atoms with van der Waals surface area (Å²) in [5.41, 5.74) is 3.07. The second kappa shape index (κ2) is 7.36. The number of likely N-dealkylation sites (tertiary alicyclic amines) is 1. The van der Waals surface area contributed by atoms with Gasteiger partial charge in [0.1, 0.15) is 11.5 Å². The zero-order valence-corrected chi connectivity index (χ0v) is 15.0. The van der Waals surface area contributed by atoms with Gasteiger partial charge in [0.05, 0.1) is 18.9 Å². The molecule has 0 aliphatic carbocycles. The molecule has 1 aromatic carbocycles. The molecule has 0 spiro atoms. The van der Waals surface area contributed by atoms with Crippen LogP contribution in [0.4, 0.5) is 0 Å². The molecule has 0 saturated carbocycles. The van der Waals surface area contributed by atoms with Gasteiger partial charge in [0.25, 0.3) is 0 Å². The molecule has 1 aliphatic heterocycles. The van der Waals surface area contributed by atoms with Crippen molar-refractivity contribution < 1.29 is 13.9 Å². The molecule has 0 bridgehead atoms. The number of piperidine rings is 1. The van der Waals surface area contributed by atoms with E-state index in [9.17, 15) is 0 Å². The molecule has 24 heavy (non-hydrogen) atoms. The molecule has 3 rings (SSSR count). The molecule has 1 aromatic heterocycles. The molecule has 130 valence electrons. The first kappa shape index (κ1) is 17.0. The van der Waals surface area contributed by atoms with Crippen molar-refractivity contribution in [2.24, 2.45) is 0 Å². The van der Waals surface area contributed by atoms with Gasteiger partial charge in [0.15, 0.2) is 0 Å². The van der Waals surface area contributed by atoms with Crippen LogP contribution in [0.3, 0.4) is 0 Å². The predicted molar refractivity (Wildman–Crippen MR) is 93.3 cm³/mol. The summed E-state index contributed by atoms with van der Waals surface area (Å²) in [7, 11) is 3.47. The highest BCUT2D eigenvalue weighted by Crippen LogP contribution is 2.27. The largest absolute Gasteiger partial charge is 0.496 e. The predicted octanol–water partition coefficient (Wildman–Crippen LogP) is 3.58. The maximum absolute atomic E-state index is 5.91. The Balaban J connectivity index is 1.76. The van der Waals surface area contributed by atoms with Gasteiger partial charge in [0, 0.05) is 25.8 Å². The lowest BCUT2D eigenvalue weighted by Crippen LogP contribution is -2.38. The summed E-state index contributed by atoms with van der Waals surface area (Å²) in [5.74, 6) is 2.44. The summed E-state index contributed by atoms with van der Waals surface area (Å²) >= 11 is 0. The Morgan fingerprint density at radius 2 is 2.12 bits per heavy atom. The first-order valence-corrected chi connectivity index (χ1v) is 8.47. The van der Waals surface area contributed by atoms with Crippen LogP contribution >= 0.6 is 0 Å². The Morgan fingerprint density at radius 3 is 2.83 bits per heavy atom. The average molecular weight is 330 g/mol. The summed E-state index contributed by atoms with van der Waals surface area (Å²) in [6.45, 7) is 6.87. The van der Waals surface area contributed by atoms with E-state index in [4.69, 9.17) is 18.9 Å². The number of hydrogen-bond donors (Lipinski definition) is 0. The van der Waals surface area contributed by atoms with Crippen LogP contribution in [0, 0.1) is 13.8 Å². The van der Waals surface area contributed by atoms with Gasteiger partial charge in [-0.2, -0.15) is 0 Å². The van der Waals surface area contributed by atoms with Crippen LogP contribution in [-0.2, 0) is 11.3 Å².